The summed E-state index contributed by atoms with van der Waals surface area (Å²) < 4.78 is 10.5. The standard InChI is InChI=1S/C12H11N3O3/c1-6-10(12(13)16)11(15-14-6)7-2-3-8-9(4-7)18-5-17-8/h2-4H,5H2,1H3,(H2,13,16)(H,14,15). The van der Waals surface area contributed by atoms with Gasteiger partial charge in [0.25, 0.3) is 5.91 Å². The number of hydrogen-bond donors (Lipinski definition) is 2. The van der Waals surface area contributed by atoms with Gasteiger partial charge in [0.1, 0.15) is 5.69 Å². The Morgan fingerprint density at radius 3 is 2.94 bits per heavy atom. The number of nitrogens with zero attached hydrogens (tertiary/aromatic N) is 1. The van der Waals surface area contributed by atoms with E-state index in [-0.39, 0.29) is 6.79 Å². The molecule has 0 saturated heterocycles. The van der Waals surface area contributed by atoms with Gasteiger partial charge in [-0.25, -0.2) is 0 Å². The number of aromatic nitrogens is 2. The molecule has 1 aliphatic heterocycles. The molecular formula is C12H11N3O3. The molecular weight excluding hydrogens is 234 g/mol. The van der Waals surface area contributed by atoms with Crippen molar-refractivity contribution in [1.29, 1.82) is 0 Å². The molecule has 6 nitrogen and oxygen atoms in total. The highest BCUT2D eigenvalue weighted by Crippen LogP contribution is 2.36. The second kappa shape index (κ2) is 3.76. The molecule has 0 bridgehead atoms. The Kier molecular flexibility index (Phi) is 2.22. The van der Waals surface area contributed by atoms with Crippen LogP contribution in [0.5, 0.6) is 11.5 Å². The fourth-order valence-corrected chi connectivity index (χ4v) is 1.98. The number of ether oxygens (including phenoxy) is 2. The summed E-state index contributed by atoms with van der Waals surface area (Å²) in [6.07, 6.45) is 0. The van der Waals surface area contributed by atoms with Crippen molar-refractivity contribution in [3.05, 3.63) is 29.5 Å². The number of primary amides is 1. The summed E-state index contributed by atoms with van der Waals surface area (Å²) in [4.78, 5) is 11.4. The Balaban J connectivity index is 2.13. The average Bonchev–Trinajstić information content (AvgIpc) is 2.93. The highest BCUT2D eigenvalue weighted by molar-refractivity contribution is 6.00. The van der Waals surface area contributed by atoms with Crippen molar-refractivity contribution >= 4 is 5.91 Å². The quantitative estimate of drug-likeness (QED) is 0.832. The van der Waals surface area contributed by atoms with Crippen LogP contribution in [0.25, 0.3) is 11.3 Å². The van der Waals surface area contributed by atoms with Crippen LogP contribution < -0.4 is 15.2 Å². The van der Waals surface area contributed by atoms with Gasteiger partial charge in [-0.3, -0.25) is 9.89 Å². The van der Waals surface area contributed by atoms with Crippen molar-refractivity contribution in [2.24, 2.45) is 5.73 Å². The van der Waals surface area contributed by atoms with E-state index in [0.29, 0.717) is 28.5 Å². The van der Waals surface area contributed by atoms with E-state index in [9.17, 15) is 4.79 Å². The van der Waals surface area contributed by atoms with E-state index < -0.39 is 5.91 Å². The lowest BCUT2D eigenvalue weighted by atomic mass is 10.1. The van der Waals surface area contributed by atoms with Gasteiger partial charge >= 0.3 is 0 Å². The number of H-pyrrole nitrogens is 1. The van der Waals surface area contributed by atoms with Gasteiger partial charge in [0, 0.05) is 11.3 Å². The molecule has 18 heavy (non-hydrogen) atoms. The second-order valence-corrected chi connectivity index (χ2v) is 4.00. The van der Waals surface area contributed by atoms with Crippen molar-refractivity contribution in [3.8, 4) is 22.8 Å². The molecule has 0 atom stereocenters. The first kappa shape index (κ1) is 10.6. The number of hydrogen-bond acceptors (Lipinski definition) is 4. The Hall–Kier alpha value is -2.50. The molecule has 0 radical (unpaired) electrons. The summed E-state index contributed by atoms with van der Waals surface area (Å²) >= 11 is 0. The number of carbonyl (C=O) groups is 1. The Morgan fingerprint density at radius 2 is 2.17 bits per heavy atom. The Labute approximate surface area is 103 Å². The van der Waals surface area contributed by atoms with Gasteiger partial charge in [0.15, 0.2) is 11.5 Å². The zero-order chi connectivity index (χ0) is 12.7. The molecule has 2 aromatic rings. The van der Waals surface area contributed by atoms with Crippen LogP contribution in [0.2, 0.25) is 0 Å². The van der Waals surface area contributed by atoms with Crippen LogP contribution in [-0.2, 0) is 0 Å². The summed E-state index contributed by atoms with van der Waals surface area (Å²) in [5.74, 6) is 0.823. The molecule has 6 heteroatoms. The van der Waals surface area contributed by atoms with Gasteiger partial charge < -0.3 is 15.2 Å². The number of amides is 1. The smallest absolute Gasteiger partial charge is 0.252 e. The third-order valence-electron chi connectivity index (χ3n) is 2.84. The van der Waals surface area contributed by atoms with Crippen LogP contribution in [0.4, 0.5) is 0 Å². The molecule has 3 rings (SSSR count). The molecule has 92 valence electrons. The molecule has 0 aliphatic carbocycles. The first-order valence-electron chi connectivity index (χ1n) is 5.41. The molecule has 0 spiro atoms. The molecule has 1 amide bonds. The number of aryl methyl sites for hydroxylation is 1. The number of aromatic amines is 1. The third kappa shape index (κ3) is 1.50. The van der Waals surface area contributed by atoms with E-state index in [1.54, 1.807) is 19.1 Å². The minimum atomic E-state index is -0.506. The van der Waals surface area contributed by atoms with Crippen molar-refractivity contribution in [3.63, 3.8) is 0 Å². The van der Waals surface area contributed by atoms with Crippen LogP contribution in [0.15, 0.2) is 18.2 Å². The van der Waals surface area contributed by atoms with Gasteiger partial charge in [-0.05, 0) is 25.1 Å². The topological polar surface area (TPSA) is 90.2 Å². The van der Waals surface area contributed by atoms with E-state index >= 15 is 0 Å². The third-order valence-corrected chi connectivity index (χ3v) is 2.84. The van der Waals surface area contributed by atoms with Gasteiger partial charge in [-0.15, -0.1) is 0 Å². The molecule has 2 heterocycles. The van der Waals surface area contributed by atoms with Gasteiger partial charge in [-0.1, -0.05) is 0 Å². The number of fused-ring (bicyclic) bond motifs is 1. The van der Waals surface area contributed by atoms with Crippen LogP contribution >= 0.6 is 0 Å². The van der Waals surface area contributed by atoms with Gasteiger partial charge in [0.05, 0.1) is 5.56 Å². The number of benzene rings is 1. The normalized spacial score (nSPS) is 12.7. The summed E-state index contributed by atoms with van der Waals surface area (Å²) in [6, 6.07) is 5.38. The first-order chi connectivity index (χ1) is 8.66. The average molecular weight is 245 g/mol. The fourth-order valence-electron chi connectivity index (χ4n) is 1.98. The lowest BCUT2D eigenvalue weighted by Crippen LogP contribution is -2.12. The monoisotopic (exact) mass is 245 g/mol. The van der Waals surface area contributed by atoms with E-state index in [0.717, 1.165) is 5.56 Å². The van der Waals surface area contributed by atoms with Crippen molar-refractivity contribution in [1.82, 2.24) is 10.2 Å². The number of carbonyl (C=O) groups excluding carboxylic acids is 1. The zero-order valence-corrected chi connectivity index (χ0v) is 9.69. The maximum absolute atomic E-state index is 11.4. The van der Waals surface area contributed by atoms with E-state index in [4.69, 9.17) is 15.2 Å². The van der Waals surface area contributed by atoms with E-state index in [1.807, 2.05) is 6.07 Å². The summed E-state index contributed by atoms with van der Waals surface area (Å²) in [5.41, 5.74) is 7.69. The molecule has 1 aliphatic rings. The van der Waals surface area contributed by atoms with Gasteiger partial charge in [-0.2, -0.15) is 5.10 Å². The predicted octanol–water partition coefficient (Wildman–Crippen LogP) is 1.21. The lowest BCUT2D eigenvalue weighted by molar-refractivity contribution is 0.100. The Morgan fingerprint density at radius 1 is 1.39 bits per heavy atom. The largest absolute Gasteiger partial charge is 0.454 e. The Bertz CT molecular complexity index is 633. The fraction of sp³-hybridized carbons (Fsp3) is 0.167. The SMILES string of the molecule is Cc1[nH]nc(-c2ccc3c(c2)OCO3)c1C(N)=O. The van der Waals surface area contributed by atoms with Crippen LogP contribution in [0, 0.1) is 6.92 Å². The molecule has 0 unspecified atom stereocenters. The lowest BCUT2D eigenvalue weighted by Gasteiger charge is -2.02. The van der Waals surface area contributed by atoms with Crippen LogP contribution in [-0.4, -0.2) is 22.9 Å². The number of nitrogens with one attached hydrogen (secondary N) is 1. The minimum Gasteiger partial charge on any atom is -0.454 e. The van der Waals surface area contributed by atoms with Crippen molar-refractivity contribution in [2.45, 2.75) is 6.92 Å². The maximum atomic E-state index is 11.4. The van der Waals surface area contributed by atoms with Gasteiger partial charge in [0.2, 0.25) is 6.79 Å². The molecule has 0 saturated carbocycles. The second-order valence-electron chi connectivity index (χ2n) is 4.00. The molecule has 1 aromatic heterocycles. The van der Waals surface area contributed by atoms with Crippen molar-refractivity contribution in [2.75, 3.05) is 6.79 Å². The molecule has 0 fully saturated rings. The van der Waals surface area contributed by atoms with Crippen molar-refractivity contribution < 1.29 is 14.3 Å². The summed E-state index contributed by atoms with van der Waals surface area (Å²) in [6.45, 7) is 1.96. The number of rotatable bonds is 2. The first-order valence-corrected chi connectivity index (χ1v) is 5.41. The maximum Gasteiger partial charge on any atom is 0.252 e. The zero-order valence-electron chi connectivity index (χ0n) is 9.69. The molecule has 1 aromatic carbocycles. The minimum absolute atomic E-state index is 0.209. The highest BCUT2D eigenvalue weighted by atomic mass is 16.7. The van der Waals surface area contributed by atoms with E-state index in [1.165, 1.54) is 0 Å². The number of nitrogens with two attached hydrogens (primary N) is 1. The highest BCUT2D eigenvalue weighted by Gasteiger charge is 2.20. The predicted molar refractivity (Wildman–Crippen MR) is 63.4 cm³/mol. The van der Waals surface area contributed by atoms with Crippen LogP contribution in [0.3, 0.4) is 0 Å². The summed E-state index contributed by atoms with van der Waals surface area (Å²) in [5, 5.41) is 6.87. The van der Waals surface area contributed by atoms with E-state index in [2.05, 4.69) is 10.2 Å². The van der Waals surface area contributed by atoms with Crippen LogP contribution in [0.1, 0.15) is 16.1 Å². The summed E-state index contributed by atoms with van der Waals surface area (Å²) in [7, 11) is 0. The molecule has 3 N–H and O–H groups in total.